The number of ketones is 1. The van der Waals surface area contributed by atoms with Gasteiger partial charge in [0.15, 0.2) is 5.78 Å². The van der Waals surface area contributed by atoms with Crippen molar-refractivity contribution in [1.29, 1.82) is 0 Å². The van der Waals surface area contributed by atoms with Crippen LogP contribution in [0.2, 0.25) is 0 Å². The van der Waals surface area contributed by atoms with Crippen LogP contribution in [0.3, 0.4) is 0 Å². The number of hydrogen-bond donors (Lipinski definition) is 1. The highest BCUT2D eigenvalue weighted by Gasteiger charge is 2.37. The molecular formula is C13H13BrO3. The van der Waals surface area contributed by atoms with Crippen LogP contribution in [-0.2, 0) is 4.79 Å². The average Bonchev–Trinajstić information content (AvgIpc) is 2.77. The molecule has 1 aromatic carbocycles. The van der Waals surface area contributed by atoms with E-state index in [1.807, 2.05) is 6.07 Å². The van der Waals surface area contributed by atoms with Gasteiger partial charge in [-0.05, 0) is 25.0 Å². The second-order valence-electron chi connectivity index (χ2n) is 4.36. The minimum absolute atomic E-state index is 0.0452. The van der Waals surface area contributed by atoms with Gasteiger partial charge in [0.2, 0.25) is 0 Å². The zero-order valence-corrected chi connectivity index (χ0v) is 10.8. The van der Waals surface area contributed by atoms with Crippen LogP contribution < -0.4 is 0 Å². The van der Waals surface area contributed by atoms with Crippen molar-refractivity contribution in [1.82, 2.24) is 0 Å². The van der Waals surface area contributed by atoms with Crippen molar-refractivity contribution in [3.05, 3.63) is 34.3 Å². The third kappa shape index (κ3) is 2.57. The molecule has 4 heteroatoms. The molecule has 0 saturated heterocycles. The van der Waals surface area contributed by atoms with Gasteiger partial charge in [0.1, 0.15) is 0 Å². The fourth-order valence-corrected chi connectivity index (χ4v) is 2.82. The first kappa shape index (κ1) is 12.3. The summed E-state index contributed by atoms with van der Waals surface area (Å²) in [5.74, 6) is -1.77. The van der Waals surface area contributed by atoms with E-state index in [1.54, 1.807) is 18.2 Å². The lowest BCUT2D eigenvalue weighted by atomic mass is 9.88. The van der Waals surface area contributed by atoms with Gasteiger partial charge in [-0.3, -0.25) is 9.59 Å². The van der Waals surface area contributed by atoms with Gasteiger partial charge < -0.3 is 5.11 Å². The Morgan fingerprint density at radius 1 is 1.24 bits per heavy atom. The molecule has 0 spiro atoms. The predicted octanol–water partition coefficient (Wildman–Crippen LogP) is 3.13. The van der Waals surface area contributed by atoms with Gasteiger partial charge in [0.25, 0.3) is 0 Å². The molecule has 3 nitrogen and oxygen atoms in total. The first-order valence-corrected chi connectivity index (χ1v) is 6.41. The van der Waals surface area contributed by atoms with Gasteiger partial charge in [-0.2, -0.15) is 0 Å². The van der Waals surface area contributed by atoms with Gasteiger partial charge in [-0.15, -0.1) is 0 Å². The molecule has 1 saturated carbocycles. The Hall–Kier alpha value is -1.16. The fraction of sp³-hybridized carbons (Fsp3) is 0.385. The van der Waals surface area contributed by atoms with Crippen molar-refractivity contribution in [2.45, 2.75) is 19.3 Å². The summed E-state index contributed by atoms with van der Waals surface area (Å²) >= 11 is 3.31. The maximum Gasteiger partial charge on any atom is 0.307 e. The molecule has 0 unspecified atom stereocenters. The van der Waals surface area contributed by atoms with Gasteiger partial charge in [-0.1, -0.05) is 34.5 Å². The standard InChI is InChI=1S/C13H13BrO3/c14-9-4-1-3-8(7-9)12(15)10-5-2-6-11(10)13(16)17/h1,3-4,7,10-11H,2,5-6H2,(H,16,17)/t10-,11-/m0/s1. The molecule has 0 heterocycles. The van der Waals surface area contributed by atoms with E-state index in [0.29, 0.717) is 18.4 Å². The van der Waals surface area contributed by atoms with Gasteiger partial charge >= 0.3 is 5.97 Å². The molecule has 1 N–H and O–H groups in total. The van der Waals surface area contributed by atoms with Gasteiger partial charge in [0.05, 0.1) is 5.92 Å². The summed E-state index contributed by atoms with van der Waals surface area (Å²) in [5.41, 5.74) is 0.595. The van der Waals surface area contributed by atoms with Crippen LogP contribution >= 0.6 is 15.9 Å². The molecule has 90 valence electrons. The summed E-state index contributed by atoms with van der Waals surface area (Å²) in [4.78, 5) is 23.3. The zero-order chi connectivity index (χ0) is 12.4. The minimum Gasteiger partial charge on any atom is -0.481 e. The highest BCUT2D eigenvalue weighted by molar-refractivity contribution is 9.10. The van der Waals surface area contributed by atoms with Crippen molar-refractivity contribution in [3.8, 4) is 0 Å². The molecule has 0 amide bonds. The number of carbonyl (C=O) groups excluding carboxylic acids is 1. The second-order valence-corrected chi connectivity index (χ2v) is 5.27. The molecular weight excluding hydrogens is 284 g/mol. The minimum atomic E-state index is -0.851. The van der Waals surface area contributed by atoms with E-state index in [0.717, 1.165) is 10.9 Å². The number of aliphatic carboxylic acids is 1. The summed E-state index contributed by atoms with van der Waals surface area (Å²) in [6.45, 7) is 0. The molecule has 2 rings (SSSR count). The van der Waals surface area contributed by atoms with E-state index >= 15 is 0 Å². The largest absolute Gasteiger partial charge is 0.481 e. The quantitative estimate of drug-likeness (QED) is 0.872. The maximum absolute atomic E-state index is 12.2. The molecule has 0 aromatic heterocycles. The van der Waals surface area contributed by atoms with Crippen LogP contribution in [0.15, 0.2) is 28.7 Å². The second kappa shape index (κ2) is 5.00. The van der Waals surface area contributed by atoms with Crippen LogP contribution in [0.4, 0.5) is 0 Å². The number of hydrogen-bond acceptors (Lipinski definition) is 2. The number of benzene rings is 1. The van der Waals surface area contributed by atoms with E-state index in [1.165, 1.54) is 0 Å². The zero-order valence-electron chi connectivity index (χ0n) is 9.23. The molecule has 1 fully saturated rings. The Morgan fingerprint density at radius 3 is 2.59 bits per heavy atom. The topological polar surface area (TPSA) is 54.4 Å². The lowest BCUT2D eigenvalue weighted by Gasteiger charge is -2.14. The Kier molecular flexibility index (Phi) is 3.62. The number of carboxylic acids is 1. The monoisotopic (exact) mass is 296 g/mol. The summed E-state index contributed by atoms with van der Waals surface area (Å²) < 4.78 is 0.841. The Morgan fingerprint density at radius 2 is 1.94 bits per heavy atom. The predicted molar refractivity (Wildman–Crippen MR) is 66.9 cm³/mol. The summed E-state index contributed by atoms with van der Waals surface area (Å²) in [5, 5.41) is 9.07. The van der Waals surface area contributed by atoms with Crippen molar-refractivity contribution >= 4 is 27.7 Å². The normalized spacial score (nSPS) is 23.6. The molecule has 1 aliphatic carbocycles. The number of carbonyl (C=O) groups is 2. The third-order valence-corrected chi connectivity index (χ3v) is 3.77. The van der Waals surface area contributed by atoms with Crippen LogP contribution in [0.1, 0.15) is 29.6 Å². The molecule has 1 aromatic rings. The summed E-state index contributed by atoms with van der Waals surface area (Å²) in [6.07, 6.45) is 2.11. The summed E-state index contributed by atoms with van der Waals surface area (Å²) in [7, 11) is 0. The molecule has 0 bridgehead atoms. The van der Waals surface area contributed by atoms with Crippen molar-refractivity contribution in [2.24, 2.45) is 11.8 Å². The molecule has 17 heavy (non-hydrogen) atoms. The van der Waals surface area contributed by atoms with Crippen molar-refractivity contribution in [2.75, 3.05) is 0 Å². The Balaban J connectivity index is 2.23. The van der Waals surface area contributed by atoms with E-state index in [2.05, 4.69) is 15.9 Å². The van der Waals surface area contributed by atoms with E-state index in [-0.39, 0.29) is 11.7 Å². The van der Waals surface area contributed by atoms with Crippen LogP contribution in [0.5, 0.6) is 0 Å². The van der Waals surface area contributed by atoms with Crippen LogP contribution in [0.25, 0.3) is 0 Å². The van der Waals surface area contributed by atoms with E-state index in [4.69, 9.17) is 5.11 Å². The SMILES string of the molecule is O=C(O)[C@H]1CCC[C@@H]1C(=O)c1cccc(Br)c1. The van der Waals surface area contributed by atoms with Crippen molar-refractivity contribution in [3.63, 3.8) is 0 Å². The summed E-state index contributed by atoms with van der Waals surface area (Å²) in [6, 6.07) is 7.13. The van der Waals surface area contributed by atoms with Gasteiger partial charge in [-0.25, -0.2) is 0 Å². The molecule has 1 aliphatic rings. The highest BCUT2D eigenvalue weighted by Crippen LogP contribution is 2.34. The van der Waals surface area contributed by atoms with Crippen LogP contribution in [0, 0.1) is 11.8 Å². The first-order valence-electron chi connectivity index (χ1n) is 5.62. The number of Topliss-reactive ketones (excluding diaryl/α,β-unsaturated/α-hetero) is 1. The van der Waals surface area contributed by atoms with Crippen molar-refractivity contribution < 1.29 is 14.7 Å². The van der Waals surface area contributed by atoms with E-state index in [9.17, 15) is 9.59 Å². The molecule has 0 aliphatic heterocycles. The van der Waals surface area contributed by atoms with Gasteiger partial charge in [0, 0.05) is 16.0 Å². The lowest BCUT2D eigenvalue weighted by molar-refractivity contribution is -0.142. The van der Waals surface area contributed by atoms with E-state index < -0.39 is 11.9 Å². The first-order chi connectivity index (χ1) is 8.09. The number of halogens is 1. The lowest BCUT2D eigenvalue weighted by Crippen LogP contribution is -2.25. The smallest absolute Gasteiger partial charge is 0.307 e. The Labute approximate surface area is 108 Å². The molecule has 2 atom stereocenters. The third-order valence-electron chi connectivity index (χ3n) is 3.28. The maximum atomic E-state index is 12.2. The number of rotatable bonds is 3. The number of carboxylic acid groups (broad SMARTS) is 1. The average molecular weight is 297 g/mol. The fourth-order valence-electron chi connectivity index (χ4n) is 2.43. The molecule has 0 radical (unpaired) electrons. The van der Waals surface area contributed by atoms with Crippen LogP contribution in [-0.4, -0.2) is 16.9 Å². The highest BCUT2D eigenvalue weighted by atomic mass is 79.9. The Bertz CT molecular complexity index is 456.